The Balaban J connectivity index is 3.99. The molecule has 1 amide bonds. The average molecular weight is 1270 g/mol. The lowest BCUT2D eigenvalue weighted by Gasteiger charge is -2.25. The van der Waals surface area contributed by atoms with Gasteiger partial charge in [0.1, 0.15) is 13.2 Å². The van der Waals surface area contributed by atoms with E-state index < -0.39 is 20.0 Å². The van der Waals surface area contributed by atoms with Crippen LogP contribution in [-0.4, -0.2) is 73.4 Å². The van der Waals surface area contributed by atoms with Crippen LogP contribution >= 0.6 is 7.82 Å². The molecule has 0 heterocycles. The third-order valence-electron chi connectivity index (χ3n) is 17.1. The third kappa shape index (κ3) is 72.7. The smallest absolute Gasteiger partial charge is 0.387 e. The number of nitrogens with one attached hydrogen (secondary N) is 1. The van der Waals surface area contributed by atoms with Gasteiger partial charge in [-0.2, -0.15) is 0 Å². The molecule has 0 aromatic rings. The lowest BCUT2D eigenvalue weighted by atomic mass is 10.0. The van der Waals surface area contributed by atoms with Gasteiger partial charge in [0, 0.05) is 6.42 Å². The zero-order valence-electron chi connectivity index (χ0n) is 59.4. The summed E-state index contributed by atoms with van der Waals surface area (Å²) in [7, 11) is 1.58. The zero-order chi connectivity index (χ0) is 64.8. The second-order valence-electron chi connectivity index (χ2n) is 27.0. The molecule has 0 radical (unpaired) electrons. The van der Waals surface area contributed by atoms with Gasteiger partial charge in [-0.15, -0.1) is 0 Å². The molecule has 518 valence electrons. The molecule has 3 unspecified atom stereocenters. The molecule has 89 heavy (non-hydrogen) atoms. The summed E-state index contributed by atoms with van der Waals surface area (Å²) in [6, 6.07) is -0.851. The molecule has 0 aromatic carbocycles. The normalized spacial score (nSPS) is 14.1. The van der Waals surface area contributed by atoms with Crippen LogP contribution in [-0.2, 0) is 18.4 Å². The lowest BCUT2D eigenvalue weighted by Crippen LogP contribution is -2.45. The predicted molar refractivity (Wildman–Crippen MR) is 392 cm³/mol. The van der Waals surface area contributed by atoms with Gasteiger partial charge in [0.25, 0.3) is 0 Å². The Morgan fingerprint density at radius 3 is 0.989 bits per heavy atom. The van der Waals surface area contributed by atoms with Gasteiger partial charge in [0.15, 0.2) is 0 Å². The summed E-state index contributed by atoms with van der Waals surface area (Å²) in [4.78, 5) is 23.5. The van der Waals surface area contributed by atoms with Crippen molar-refractivity contribution < 1.29 is 32.9 Å². The number of allylic oxidation sites excluding steroid dienone is 15. The van der Waals surface area contributed by atoms with E-state index in [1.165, 1.54) is 250 Å². The molecule has 3 N–H and O–H groups in total. The maximum atomic E-state index is 13.1. The Hall–Kier alpha value is -2.58. The van der Waals surface area contributed by atoms with E-state index in [0.717, 1.165) is 83.5 Å². The number of nitrogens with zero attached hydrogens (tertiary/aromatic N) is 1. The van der Waals surface area contributed by atoms with Crippen molar-refractivity contribution in [2.24, 2.45) is 0 Å². The summed E-state index contributed by atoms with van der Waals surface area (Å²) in [5.41, 5.74) is 0. The lowest BCUT2D eigenvalue weighted by molar-refractivity contribution is -0.870. The maximum absolute atomic E-state index is 13.1. The number of rotatable bonds is 70. The zero-order valence-corrected chi connectivity index (χ0v) is 60.3. The fourth-order valence-corrected chi connectivity index (χ4v) is 11.9. The molecule has 0 saturated heterocycles. The Labute approximate surface area is 553 Å². The monoisotopic (exact) mass is 1260 g/mol. The number of aliphatic hydroxyl groups is 1. The summed E-state index contributed by atoms with van der Waals surface area (Å²) < 4.78 is 23.9. The van der Waals surface area contributed by atoms with Gasteiger partial charge in [-0.3, -0.25) is 13.8 Å². The van der Waals surface area contributed by atoms with Crippen LogP contribution in [0.2, 0.25) is 0 Å². The average Bonchev–Trinajstić information content (AvgIpc) is 3.61. The molecule has 0 spiro atoms. The Morgan fingerprint density at radius 2 is 0.674 bits per heavy atom. The van der Waals surface area contributed by atoms with Crippen molar-refractivity contribution in [1.29, 1.82) is 0 Å². The van der Waals surface area contributed by atoms with Crippen LogP contribution in [0.15, 0.2) is 97.2 Å². The van der Waals surface area contributed by atoms with Gasteiger partial charge in [0.2, 0.25) is 5.91 Å². The fourth-order valence-electron chi connectivity index (χ4n) is 11.2. The van der Waals surface area contributed by atoms with Crippen molar-refractivity contribution in [1.82, 2.24) is 5.32 Å². The van der Waals surface area contributed by atoms with Gasteiger partial charge in [-0.05, 0) is 77.0 Å². The van der Waals surface area contributed by atoms with Crippen molar-refractivity contribution in [2.45, 2.75) is 366 Å². The highest BCUT2D eigenvalue weighted by Gasteiger charge is 2.28. The molecule has 0 aliphatic carbocycles. The van der Waals surface area contributed by atoms with Gasteiger partial charge >= 0.3 is 7.82 Å². The summed E-state index contributed by atoms with van der Waals surface area (Å²) >= 11 is 0. The van der Waals surface area contributed by atoms with Crippen molar-refractivity contribution in [2.75, 3.05) is 40.9 Å². The van der Waals surface area contributed by atoms with Crippen molar-refractivity contribution >= 4 is 13.7 Å². The Kier molecular flexibility index (Phi) is 67.7. The molecule has 0 bridgehead atoms. The SMILES string of the molecule is CC/C=C\C/C=C\C/C=C\C/C=C\C/C=C\C/C=C\C/C=C\CCCCCCCCCCCCCCCCCCCCCC(=O)NC(COP(=O)(O)OCC[N+](C)(C)C)C(O)/C=C/CCCCCCCCCCCCCCCCCCCCCCCCCC. The first-order valence-corrected chi connectivity index (χ1v) is 39.6. The number of phosphoric acid groups is 1. The highest BCUT2D eigenvalue weighted by Crippen LogP contribution is 2.43. The summed E-state index contributed by atoms with van der Waals surface area (Å²) in [6.45, 7) is 4.74. The molecule has 0 saturated carbocycles. The number of hydrogen-bond donors (Lipinski definition) is 3. The summed E-state index contributed by atoms with van der Waals surface area (Å²) in [5, 5.41) is 14.0. The molecule has 0 fully saturated rings. The minimum Gasteiger partial charge on any atom is -0.387 e. The molecular formula is C80H148N2O6P+. The second-order valence-corrected chi connectivity index (χ2v) is 28.5. The Bertz CT molecular complexity index is 1780. The largest absolute Gasteiger partial charge is 0.472 e. The quantitative estimate of drug-likeness (QED) is 0.0243. The van der Waals surface area contributed by atoms with Crippen LogP contribution < -0.4 is 5.32 Å². The molecule has 3 atom stereocenters. The molecule has 0 aromatic heterocycles. The molecule has 8 nitrogen and oxygen atoms in total. The van der Waals surface area contributed by atoms with Gasteiger partial charge < -0.3 is 19.8 Å². The van der Waals surface area contributed by atoms with E-state index in [-0.39, 0.29) is 19.1 Å². The minimum absolute atomic E-state index is 0.0608. The molecule has 0 aliphatic heterocycles. The van der Waals surface area contributed by atoms with E-state index in [1.54, 1.807) is 6.08 Å². The van der Waals surface area contributed by atoms with Crippen molar-refractivity contribution in [3.63, 3.8) is 0 Å². The fraction of sp³-hybridized carbons (Fsp3) is 0.787. The minimum atomic E-state index is -4.36. The number of quaternary nitrogens is 1. The number of phosphoric ester groups is 1. The number of amides is 1. The summed E-state index contributed by atoms with van der Waals surface area (Å²) in [6.07, 6.45) is 101. The van der Waals surface area contributed by atoms with Gasteiger partial charge in [-0.1, -0.05) is 368 Å². The number of hydrogen-bond acceptors (Lipinski definition) is 5. The number of carbonyl (C=O) groups is 1. The predicted octanol–water partition coefficient (Wildman–Crippen LogP) is 24.8. The van der Waals surface area contributed by atoms with Crippen LogP contribution in [0.5, 0.6) is 0 Å². The van der Waals surface area contributed by atoms with E-state index in [4.69, 9.17) is 9.05 Å². The molecule has 0 rings (SSSR count). The van der Waals surface area contributed by atoms with E-state index in [2.05, 4.69) is 104 Å². The van der Waals surface area contributed by atoms with E-state index in [1.807, 2.05) is 27.2 Å². The molecule has 0 aliphatic rings. The molecular weight excluding hydrogens is 1120 g/mol. The van der Waals surface area contributed by atoms with Crippen LogP contribution in [0.3, 0.4) is 0 Å². The highest BCUT2D eigenvalue weighted by molar-refractivity contribution is 7.47. The highest BCUT2D eigenvalue weighted by atomic mass is 31.2. The van der Waals surface area contributed by atoms with Gasteiger partial charge in [-0.25, -0.2) is 4.57 Å². The maximum Gasteiger partial charge on any atom is 0.472 e. The first kappa shape index (κ1) is 86.4. The van der Waals surface area contributed by atoms with E-state index in [9.17, 15) is 19.4 Å². The van der Waals surface area contributed by atoms with E-state index >= 15 is 0 Å². The number of carbonyl (C=O) groups excluding carboxylic acids is 1. The van der Waals surface area contributed by atoms with Crippen LogP contribution in [0.1, 0.15) is 354 Å². The topological polar surface area (TPSA) is 105 Å². The van der Waals surface area contributed by atoms with Crippen molar-refractivity contribution in [3.05, 3.63) is 97.2 Å². The summed E-state index contributed by atoms with van der Waals surface area (Å²) in [5.74, 6) is -0.173. The standard InChI is InChI=1S/C80H147N2O6P/c1-6-8-10-12-14-16-18-20-22-24-26-28-30-32-34-35-36-37-38-39-40-41-42-43-44-45-46-47-48-50-52-54-56-58-60-62-64-66-68-70-72-74-80(84)81-78(77-88-89(85,86)87-76-75-82(3,4)5)79(83)73-71-69-67-65-63-61-59-57-55-53-51-49-33-31-29-27-25-23-21-19-17-15-13-11-9-7-2/h8,10,14,16,20,22,26,28,32,34,36-37,39-40,71,73,78-79,83H,6-7,9,11-13,15,17-19,21,23-25,27,29-31,33,35,38,41-70,72,74-77H2,1-5H3,(H-,81,84,85,86)/p+1/b10-8-,16-14-,22-20-,28-26-,34-32-,37-36-,40-39-,73-71+. The number of aliphatic hydroxyl groups excluding tert-OH is 1. The first-order chi connectivity index (χ1) is 43.5. The van der Waals surface area contributed by atoms with E-state index in [0.29, 0.717) is 17.4 Å². The number of unbranched alkanes of at least 4 members (excludes halogenated alkanes) is 43. The van der Waals surface area contributed by atoms with Crippen molar-refractivity contribution in [3.8, 4) is 0 Å². The third-order valence-corrected chi connectivity index (χ3v) is 18.0. The first-order valence-electron chi connectivity index (χ1n) is 38.1. The van der Waals surface area contributed by atoms with Crippen LogP contribution in [0.4, 0.5) is 0 Å². The van der Waals surface area contributed by atoms with Crippen LogP contribution in [0.25, 0.3) is 0 Å². The molecule has 9 heteroatoms. The Morgan fingerprint density at radius 1 is 0.393 bits per heavy atom. The second kappa shape index (κ2) is 69.8. The van der Waals surface area contributed by atoms with Crippen LogP contribution in [0, 0.1) is 0 Å². The van der Waals surface area contributed by atoms with Gasteiger partial charge in [0.05, 0.1) is 39.9 Å². The number of likely N-dealkylation sites (N-methyl/N-ethyl adjacent to an activating group) is 1.